The standard InChI is InChI=1S/C27H33ClFN3O2S/c28-23-18-24(29)25(35-30)17-22(23)26(33)32-15-16-34-27(19-32,21-10-2-1-3-11-21)12-14-31-13-5-4-7-20-8-6-9-20/h1-3,10-11,13,17-18,20H,4-9,12,14-16,19,30H2. The largest absolute Gasteiger partial charge is 0.367 e. The lowest BCUT2D eigenvalue weighted by molar-refractivity contribution is -0.108. The number of amides is 1. The first-order chi connectivity index (χ1) is 17.0. The van der Waals surface area contributed by atoms with E-state index in [4.69, 9.17) is 21.5 Å². The summed E-state index contributed by atoms with van der Waals surface area (Å²) in [6.07, 6.45) is 10.4. The molecule has 1 saturated carbocycles. The van der Waals surface area contributed by atoms with Crippen molar-refractivity contribution in [2.24, 2.45) is 16.0 Å². The van der Waals surface area contributed by atoms with Crippen molar-refractivity contribution in [3.8, 4) is 0 Å². The molecular formula is C27H33ClFN3O2S. The predicted molar refractivity (Wildman–Crippen MR) is 141 cm³/mol. The fraction of sp³-hybridized carbons (Fsp3) is 0.481. The van der Waals surface area contributed by atoms with Crippen LogP contribution in [0.1, 0.15) is 60.9 Å². The highest BCUT2D eigenvalue weighted by molar-refractivity contribution is 7.97. The maximum atomic E-state index is 14.0. The highest BCUT2D eigenvalue weighted by Crippen LogP contribution is 2.35. The van der Waals surface area contributed by atoms with E-state index in [9.17, 15) is 9.18 Å². The number of benzene rings is 2. The normalized spacial score (nSPS) is 20.8. The summed E-state index contributed by atoms with van der Waals surface area (Å²) in [7, 11) is 0. The lowest BCUT2D eigenvalue weighted by atomic mass is 9.82. The molecule has 0 spiro atoms. The van der Waals surface area contributed by atoms with E-state index < -0.39 is 11.4 Å². The van der Waals surface area contributed by atoms with Gasteiger partial charge in [-0.15, -0.1) is 0 Å². The van der Waals surface area contributed by atoms with E-state index in [1.54, 1.807) is 4.90 Å². The number of halogens is 2. The Labute approximate surface area is 216 Å². The molecule has 1 unspecified atom stereocenters. The van der Waals surface area contributed by atoms with Gasteiger partial charge in [0.05, 0.1) is 28.6 Å². The third kappa shape index (κ3) is 6.45. The molecule has 5 nitrogen and oxygen atoms in total. The first-order valence-electron chi connectivity index (χ1n) is 12.4. The maximum Gasteiger partial charge on any atom is 0.255 e. The lowest BCUT2D eigenvalue weighted by Crippen LogP contribution is -2.52. The first-order valence-corrected chi connectivity index (χ1v) is 13.6. The minimum atomic E-state index is -0.670. The van der Waals surface area contributed by atoms with Crippen LogP contribution < -0.4 is 5.14 Å². The average Bonchev–Trinajstić information content (AvgIpc) is 2.85. The summed E-state index contributed by atoms with van der Waals surface area (Å²) >= 11 is 7.01. The van der Waals surface area contributed by atoms with Crippen LogP contribution in [0.2, 0.25) is 5.02 Å². The molecule has 1 aliphatic carbocycles. The molecule has 1 heterocycles. The fourth-order valence-corrected chi connectivity index (χ4v) is 5.42. The van der Waals surface area contributed by atoms with Crippen molar-refractivity contribution >= 4 is 35.7 Å². The summed E-state index contributed by atoms with van der Waals surface area (Å²) in [5.41, 5.74) is 0.589. The molecule has 188 valence electrons. The van der Waals surface area contributed by atoms with Crippen LogP contribution in [0.4, 0.5) is 4.39 Å². The zero-order chi connectivity index (χ0) is 24.7. The Kier molecular flexibility index (Phi) is 9.22. The van der Waals surface area contributed by atoms with Crippen LogP contribution in [0.25, 0.3) is 0 Å². The van der Waals surface area contributed by atoms with E-state index in [-0.39, 0.29) is 21.4 Å². The van der Waals surface area contributed by atoms with E-state index in [0.717, 1.165) is 35.9 Å². The van der Waals surface area contributed by atoms with Gasteiger partial charge in [0.2, 0.25) is 0 Å². The molecule has 4 rings (SSSR count). The molecule has 1 saturated heterocycles. The highest BCUT2D eigenvalue weighted by atomic mass is 35.5. The number of rotatable bonds is 10. The molecular weight excluding hydrogens is 485 g/mol. The van der Waals surface area contributed by atoms with Crippen LogP contribution in [-0.4, -0.2) is 43.3 Å². The van der Waals surface area contributed by atoms with E-state index >= 15 is 0 Å². The number of hydrogen-bond donors (Lipinski definition) is 1. The maximum absolute atomic E-state index is 14.0. The average molecular weight is 518 g/mol. The third-order valence-electron chi connectivity index (χ3n) is 7.10. The Balaban J connectivity index is 1.45. The number of morpholine rings is 1. The van der Waals surface area contributed by atoms with Crippen LogP contribution in [-0.2, 0) is 10.3 Å². The molecule has 0 aromatic heterocycles. The summed E-state index contributed by atoms with van der Waals surface area (Å²) in [4.78, 5) is 20.0. The molecule has 8 heteroatoms. The van der Waals surface area contributed by atoms with Crippen molar-refractivity contribution in [1.29, 1.82) is 0 Å². The van der Waals surface area contributed by atoms with Crippen molar-refractivity contribution in [3.05, 3.63) is 64.4 Å². The molecule has 2 aromatic carbocycles. The number of nitrogens with zero attached hydrogens (tertiary/aromatic N) is 2. The third-order valence-corrected chi connectivity index (χ3v) is 7.98. The van der Waals surface area contributed by atoms with Gasteiger partial charge in [-0.3, -0.25) is 14.9 Å². The number of hydrogen-bond acceptors (Lipinski definition) is 5. The lowest BCUT2D eigenvalue weighted by Gasteiger charge is -2.43. The zero-order valence-electron chi connectivity index (χ0n) is 19.9. The van der Waals surface area contributed by atoms with Gasteiger partial charge in [0.15, 0.2) is 0 Å². The highest BCUT2D eigenvalue weighted by Gasteiger charge is 2.40. The molecule has 35 heavy (non-hydrogen) atoms. The molecule has 2 N–H and O–H groups in total. The molecule has 2 aromatic rings. The smallest absolute Gasteiger partial charge is 0.255 e. The summed E-state index contributed by atoms with van der Waals surface area (Å²) in [6.45, 7) is 1.80. The van der Waals surface area contributed by atoms with Crippen LogP contribution in [0.5, 0.6) is 0 Å². The Hall–Kier alpha value is -1.93. The first kappa shape index (κ1) is 26.1. The SMILES string of the molecule is NSc1cc(C(=O)N2CCOC(CCN=CCCCC3CCC3)(c3ccccc3)C2)c(Cl)cc1F. The van der Waals surface area contributed by atoms with E-state index in [1.807, 2.05) is 36.5 Å². The molecule has 0 radical (unpaired) electrons. The Bertz CT molecular complexity index is 1030. The second kappa shape index (κ2) is 12.3. The summed E-state index contributed by atoms with van der Waals surface area (Å²) < 4.78 is 20.4. The van der Waals surface area contributed by atoms with E-state index in [2.05, 4.69) is 4.99 Å². The van der Waals surface area contributed by atoms with Crippen molar-refractivity contribution in [1.82, 2.24) is 4.90 Å². The van der Waals surface area contributed by atoms with Crippen LogP contribution in [0, 0.1) is 11.7 Å². The fourth-order valence-electron chi connectivity index (χ4n) is 4.83. The van der Waals surface area contributed by atoms with Crippen LogP contribution >= 0.6 is 23.5 Å². The van der Waals surface area contributed by atoms with Crippen molar-refractivity contribution in [3.63, 3.8) is 0 Å². The summed E-state index contributed by atoms with van der Waals surface area (Å²) in [5.74, 6) is 0.136. The Morgan fingerprint density at radius 1 is 1.31 bits per heavy atom. The number of carbonyl (C=O) groups is 1. The van der Waals surface area contributed by atoms with Gasteiger partial charge in [-0.05, 0) is 54.6 Å². The van der Waals surface area contributed by atoms with Gasteiger partial charge in [-0.2, -0.15) is 0 Å². The molecule has 2 aliphatic rings. The van der Waals surface area contributed by atoms with Gasteiger partial charge >= 0.3 is 0 Å². The summed E-state index contributed by atoms with van der Waals surface area (Å²) in [6, 6.07) is 12.6. The Morgan fingerprint density at radius 3 is 2.83 bits per heavy atom. The monoisotopic (exact) mass is 517 g/mol. The van der Waals surface area contributed by atoms with Gasteiger partial charge in [0.25, 0.3) is 5.91 Å². The number of aliphatic imine (C=N–C) groups is 1. The second-order valence-corrected chi connectivity index (χ2v) is 10.5. The number of carbonyl (C=O) groups excluding carboxylic acids is 1. The second-order valence-electron chi connectivity index (χ2n) is 9.38. The molecule has 1 atom stereocenters. The van der Waals surface area contributed by atoms with E-state index in [0.29, 0.717) is 32.7 Å². The minimum absolute atomic E-state index is 0.0774. The Morgan fingerprint density at radius 2 is 2.11 bits per heavy atom. The molecule has 0 bridgehead atoms. The summed E-state index contributed by atoms with van der Waals surface area (Å²) in [5, 5.41) is 5.64. The van der Waals surface area contributed by atoms with Crippen LogP contribution in [0.3, 0.4) is 0 Å². The molecule has 2 fully saturated rings. The minimum Gasteiger partial charge on any atom is -0.367 e. The van der Waals surface area contributed by atoms with E-state index in [1.165, 1.54) is 38.2 Å². The van der Waals surface area contributed by atoms with Gasteiger partial charge in [-0.1, -0.05) is 67.6 Å². The topological polar surface area (TPSA) is 67.9 Å². The van der Waals surface area contributed by atoms with Gasteiger partial charge in [0, 0.05) is 19.5 Å². The predicted octanol–water partition coefficient (Wildman–Crippen LogP) is 6.24. The zero-order valence-corrected chi connectivity index (χ0v) is 21.5. The van der Waals surface area contributed by atoms with Crippen LogP contribution in [0.15, 0.2) is 52.4 Å². The number of ether oxygens (including phenoxy) is 1. The molecule has 1 amide bonds. The quantitative estimate of drug-likeness (QED) is 0.230. The number of unbranched alkanes of at least 4 members (excludes halogenated alkanes) is 1. The molecule has 1 aliphatic heterocycles. The van der Waals surface area contributed by atoms with Gasteiger partial charge in [0.1, 0.15) is 11.4 Å². The van der Waals surface area contributed by atoms with Gasteiger partial charge < -0.3 is 9.64 Å². The van der Waals surface area contributed by atoms with Gasteiger partial charge in [-0.25, -0.2) is 4.39 Å². The van der Waals surface area contributed by atoms with Crippen molar-refractivity contribution < 1.29 is 13.9 Å². The van der Waals surface area contributed by atoms with Crippen molar-refractivity contribution in [2.75, 3.05) is 26.2 Å². The number of nitrogens with two attached hydrogens (primary N) is 1. The van der Waals surface area contributed by atoms with Crippen molar-refractivity contribution in [2.45, 2.75) is 55.4 Å².